The third-order valence-corrected chi connectivity index (χ3v) is 0. The zero-order valence-corrected chi connectivity index (χ0v) is 10.8. The van der Waals surface area contributed by atoms with Crippen molar-refractivity contribution in [1.29, 1.82) is 0 Å². The summed E-state index contributed by atoms with van der Waals surface area (Å²) < 4.78 is 43.0. The van der Waals surface area contributed by atoms with Crippen LogP contribution in [-0.2, 0) is 28.1 Å². The van der Waals surface area contributed by atoms with Gasteiger partial charge in [-0.2, -0.15) is 0 Å². The van der Waals surface area contributed by atoms with Gasteiger partial charge in [0.2, 0.25) is 0 Å². The molecule has 0 saturated heterocycles. The first-order valence-electron chi connectivity index (χ1n) is 1.28. The van der Waals surface area contributed by atoms with Crippen LogP contribution in [0, 0.1) is 0 Å². The number of hydrogen-bond donors (Lipinski definition) is 4. The third kappa shape index (κ3) is 32300. The van der Waals surface area contributed by atoms with E-state index >= 15 is 0 Å². The van der Waals surface area contributed by atoms with Gasteiger partial charge >= 0.3 is 31.1 Å². The van der Waals surface area contributed by atoms with E-state index in [4.69, 9.17) is 28.7 Å². The molecule has 0 aromatic rings. The fourth-order valence-electron chi connectivity index (χ4n) is 0. The van der Waals surface area contributed by atoms with E-state index in [2.05, 4.69) is 0 Å². The molecule has 0 aromatic carbocycles. The summed E-state index contributed by atoms with van der Waals surface area (Å²) >= 11 is -6.02. The Morgan fingerprint density at radius 3 is 0.846 bits per heavy atom. The predicted molar refractivity (Wildman–Crippen MR) is 34.3 cm³/mol. The fourth-order valence-corrected chi connectivity index (χ4v) is 0. The van der Waals surface area contributed by atoms with Gasteiger partial charge in [0, 0.05) is 0 Å². The van der Waals surface area contributed by atoms with E-state index in [-0.39, 0.29) is 24.6 Å². The molecule has 16 N–H and O–H groups in total. The Hall–Kier alpha value is 0.198. The van der Waals surface area contributed by atoms with Crippen LogP contribution in [-0.4, -0.2) is 0 Å². The number of quaternary nitrogens is 4. The van der Waals surface area contributed by atoms with Crippen LogP contribution in [0.25, 0.3) is 0 Å². The summed E-state index contributed by atoms with van der Waals surface area (Å²) in [6.07, 6.45) is 0. The van der Waals surface area contributed by atoms with Crippen LogP contribution in [0.3, 0.4) is 0 Å². The molecule has 13 heavy (non-hydrogen) atoms. The van der Waals surface area contributed by atoms with E-state index < -0.39 is 25.0 Å². The summed E-state index contributed by atoms with van der Waals surface area (Å²) in [5, 5.41) is 0. The van der Waals surface area contributed by atoms with Crippen molar-refractivity contribution in [2.45, 2.75) is 0 Å². The summed E-state index contributed by atoms with van der Waals surface area (Å²) in [6, 6.07) is 0. The van der Waals surface area contributed by atoms with Crippen LogP contribution in [0.4, 0.5) is 0 Å². The maximum absolute atomic E-state index is 8.63. The average Bonchev–Trinajstić information content (AvgIpc) is 1.19. The van der Waals surface area contributed by atoms with Gasteiger partial charge in [-0.3, -0.25) is 0 Å². The van der Waals surface area contributed by atoms with Crippen molar-refractivity contribution in [3.05, 3.63) is 0 Å². The summed E-state index contributed by atoms with van der Waals surface area (Å²) in [6.45, 7) is 0. The quantitative estimate of drug-likeness (QED) is 0.264. The minimum atomic E-state index is -6.02. The van der Waals surface area contributed by atoms with Crippen molar-refractivity contribution in [2.24, 2.45) is 0 Å². The van der Waals surface area contributed by atoms with E-state index in [0.29, 0.717) is 0 Å². The van der Waals surface area contributed by atoms with Gasteiger partial charge in [-0.15, -0.1) is 0 Å². The van der Waals surface area contributed by atoms with E-state index in [1.807, 2.05) is 0 Å². The van der Waals surface area contributed by atoms with Crippen molar-refractivity contribution in [2.75, 3.05) is 0 Å². The van der Waals surface area contributed by atoms with Crippen molar-refractivity contribution in [3.63, 3.8) is 0 Å². The molecule has 0 heterocycles. The molecule has 0 spiro atoms. The molecular formula is H17MoN4O7P. The van der Waals surface area contributed by atoms with E-state index in [9.17, 15) is 0 Å². The monoisotopic (exact) mass is 314 g/mol. The second-order valence-electron chi connectivity index (χ2n) is 0.658. The van der Waals surface area contributed by atoms with Gasteiger partial charge in [0.1, 0.15) is 0 Å². The Kier molecular flexibility index (Phi) is 52.7. The molecular weight excluding hydrogens is 295 g/mol. The van der Waals surface area contributed by atoms with Gasteiger partial charge in [-0.1, -0.05) is 8.25 Å². The molecule has 11 nitrogen and oxygen atoms in total. The van der Waals surface area contributed by atoms with Gasteiger partial charge in [0.15, 0.2) is 0 Å². The zero-order chi connectivity index (χ0) is 8.08. The molecule has 13 heteroatoms. The second-order valence-corrected chi connectivity index (χ2v) is 3.17. The normalized spacial score (nSPS) is 7.15. The number of hydrogen-bond acceptors (Lipinski definition) is 7. The van der Waals surface area contributed by atoms with E-state index in [1.165, 1.54) is 0 Å². The van der Waals surface area contributed by atoms with Crippen molar-refractivity contribution >= 4 is 8.25 Å². The second kappa shape index (κ2) is 18.1. The molecule has 0 amide bonds. The van der Waals surface area contributed by atoms with E-state index in [1.54, 1.807) is 0 Å². The van der Waals surface area contributed by atoms with Crippen LogP contribution in [0.15, 0.2) is 0 Å². The summed E-state index contributed by atoms with van der Waals surface area (Å²) in [5.41, 5.74) is 0. The molecule has 0 fully saturated rings. The summed E-state index contributed by atoms with van der Waals surface area (Å²) in [7, 11) is -3.63. The van der Waals surface area contributed by atoms with Crippen LogP contribution in [0.1, 0.15) is 0 Å². The Morgan fingerprint density at radius 2 is 0.846 bits per heavy atom. The minimum absolute atomic E-state index is 0. The molecule has 0 unspecified atom stereocenters. The molecule has 90 valence electrons. The van der Waals surface area contributed by atoms with Crippen molar-refractivity contribution < 1.29 is 45.4 Å². The predicted octanol–water partition coefficient (Wildman–Crippen LogP) is -3.02. The first-order chi connectivity index (χ1) is 3.73. The third-order valence-electron chi connectivity index (χ3n) is 0. The Bertz CT molecular complexity index is 163. The Balaban J connectivity index is -0.0000000146. The van der Waals surface area contributed by atoms with Crippen LogP contribution >= 0.6 is 8.25 Å². The maximum atomic E-state index is 8.63. The molecule has 0 radical (unpaired) electrons. The molecule has 0 aliphatic rings. The van der Waals surface area contributed by atoms with Gasteiger partial charge in [0.25, 0.3) is 0 Å². The van der Waals surface area contributed by atoms with Crippen LogP contribution in [0.2, 0.25) is 0 Å². The van der Waals surface area contributed by atoms with Gasteiger partial charge in [-0.05, 0) is 0 Å². The standard InChI is InChI=1S/Mo.4H3N.H3O3P.4O/c;;;;;1-4(2)3;;;;/h;4*1H3;4H,(H2,1,2,3);;;;/q;;;;;;;;2*-1/p+2. The van der Waals surface area contributed by atoms with Crippen LogP contribution in [0.5, 0.6) is 0 Å². The number of rotatable bonds is 0. The zero-order valence-electron chi connectivity index (χ0n) is 7.77. The topological polar surface area (TPSA) is 289 Å². The van der Waals surface area contributed by atoms with Gasteiger partial charge in [-0.25, -0.2) is 0 Å². The first-order valence-corrected chi connectivity index (χ1v) is 5.78. The molecule has 0 saturated carbocycles. The summed E-state index contributed by atoms with van der Waals surface area (Å²) in [4.78, 5) is 17.0. The Labute approximate surface area is 78.8 Å². The molecule has 0 aliphatic carbocycles. The fraction of sp³-hybridized carbons (Fsp3) is 0. The van der Waals surface area contributed by atoms with Gasteiger partial charge < -0.3 is 39.0 Å². The Morgan fingerprint density at radius 1 is 0.846 bits per heavy atom. The van der Waals surface area contributed by atoms with Crippen LogP contribution < -0.4 is 41.9 Å². The van der Waals surface area contributed by atoms with Gasteiger partial charge in [0.05, 0.1) is 0 Å². The first kappa shape index (κ1) is 37.9. The van der Waals surface area contributed by atoms with E-state index in [0.717, 1.165) is 0 Å². The van der Waals surface area contributed by atoms with Crippen molar-refractivity contribution in [1.82, 2.24) is 24.6 Å². The average molecular weight is 312 g/mol. The summed E-state index contributed by atoms with van der Waals surface area (Å²) in [5.74, 6) is 0. The SMILES string of the molecule is O=[PH]([O-])[O-].[NH4+].[NH4+].[NH4+].[NH4+].[O]=[Mo](=[O])([O-])[O-]. The molecule has 0 bridgehead atoms. The molecule has 0 rings (SSSR count). The van der Waals surface area contributed by atoms with Crippen molar-refractivity contribution in [3.8, 4) is 0 Å². The molecule has 0 aromatic heterocycles. The molecule has 0 aliphatic heterocycles. The molecule has 0 atom stereocenters.